The van der Waals surface area contributed by atoms with Crippen molar-refractivity contribution < 1.29 is 17.9 Å². The van der Waals surface area contributed by atoms with Gasteiger partial charge < -0.3 is 15.0 Å². The number of nitrogens with zero attached hydrogens (tertiary/aromatic N) is 3. The summed E-state index contributed by atoms with van der Waals surface area (Å²) in [6.07, 6.45) is 2.00. The highest BCUT2D eigenvalue weighted by Crippen LogP contribution is 2.37. The Bertz CT molecular complexity index is 1210. The summed E-state index contributed by atoms with van der Waals surface area (Å²) in [6.45, 7) is -1.38. The third kappa shape index (κ3) is 3.97. The third-order valence-electron chi connectivity index (χ3n) is 6.39. The van der Waals surface area contributed by atoms with Crippen LogP contribution in [0.25, 0.3) is 10.9 Å². The smallest absolute Gasteiger partial charge is 0.273 e. The minimum atomic E-state index is -3.05. The number of anilines is 2. The Hall–Kier alpha value is -3.32. The summed E-state index contributed by atoms with van der Waals surface area (Å²) in [5.74, 6) is 0.0877. The van der Waals surface area contributed by atoms with Gasteiger partial charge in [-0.1, -0.05) is 25.0 Å². The number of hydrogen-bond donors (Lipinski definition) is 2. The number of ether oxygens (including phenoxy) is 1. The molecule has 3 aromatic rings. The van der Waals surface area contributed by atoms with Crippen molar-refractivity contribution >= 4 is 22.4 Å². The van der Waals surface area contributed by atoms with E-state index in [9.17, 15) is 23.2 Å². The second-order valence-electron chi connectivity index (χ2n) is 8.18. The van der Waals surface area contributed by atoms with E-state index in [4.69, 9.17) is 4.74 Å². The topological polar surface area (TPSA) is 95.7 Å². The van der Waals surface area contributed by atoms with Gasteiger partial charge in [-0.05, 0) is 36.6 Å². The van der Waals surface area contributed by atoms with Gasteiger partial charge in [-0.3, -0.25) is 9.48 Å². The summed E-state index contributed by atoms with van der Waals surface area (Å²) in [5, 5.41) is 17.6. The Labute approximate surface area is 188 Å². The first kappa shape index (κ1) is 22.9. The fourth-order valence-electron chi connectivity index (χ4n) is 4.49. The lowest BCUT2D eigenvalue weighted by atomic mass is 9.85. The van der Waals surface area contributed by atoms with E-state index in [0.29, 0.717) is 22.4 Å². The average molecular weight is 459 g/mol. The van der Waals surface area contributed by atoms with E-state index in [-0.39, 0.29) is 23.1 Å². The first-order valence-corrected chi connectivity index (χ1v) is 10.7. The van der Waals surface area contributed by atoms with E-state index in [1.165, 1.54) is 30.5 Å². The fourth-order valence-corrected chi connectivity index (χ4v) is 4.49. The number of methoxy groups -OCH3 is 1. The molecular formula is C23H24F3N5O2. The van der Waals surface area contributed by atoms with Crippen LogP contribution in [0.1, 0.15) is 37.3 Å². The summed E-state index contributed by atoms with van der Waals surface area (Å²) in [4.78, 5) is 15.3. The van der Waals surface area contributed by atoms with Gasteiger partial charge in [0.15, 0.2) is 11.4 Å². The van der Waals surface area contributed by atoms with Gasteiger partial charge in [-0.25, -0.2) is 13.2 Å². The lowest BCUT2D eigenvalue weighted by molar-refractivity contribution is -0.138. The molecule has 0 bridgehead atoms. The maximum absolute atomic E-state index is 13.5. The van der Waals surface area contributed by atoms with Gasteiger partial charge in [0.2, 0.25) is 0 Å². The van der Waals surface area contributed by atoms with E-state index in [0.717, 1.165) is 32.8 Å². The van der Waals surface area contributed by atoms with Gasteiger partial charge in [-0.15, -0.1) is 0 Å². The highest BCUT2D eigenvalue weighted by atomic mass is 19.3. The molecule has 1 saturated carbocycles. The van der Waals surface area contributed by atoms with Gasteiger partial charge in [0.1, 0.15) is 12.1 Å². The van der Waals surface area contributed by atoms with Gasteiger partial charge in [-0.2, -0.15) is 10.4 Å². The van der Waals surface area contributed by atoms with Crippen molar-refractivity contribution in [3.05, 3.63) is 52.4 Å². The Morgan fingerprint density at radius 2 is 2.03 bits per heavy atom. The zero-order valence-electron chi connectivity index (χ0n) is 18.0. The second kappa shape index (κ2) is 9.27. The van der Waals surface area contributed by atoms with Crippen LogP contribution < -0.4 is 10.9 Å². The highest BCUT2D eigenvalue weighted by molar-refractivity contribution is 5.91. The number of benzene rings is 1. The summed E-state index contributed by atoms with van der Waals surface area (Å²) in [6, 6.07) is 9.67. The molecule has 1 aliphatic rings. The van der Waals surface area contributed by atoms with E-state index in [2.05, 4.69) is 21.5 Å². The van der Waals surface area contributed by atoms with E-state index in [1.54, 1.807) is 10.7 Å². The van der Waals surface area contributed by atoms with Crippen LogP contribution in [0.5, 0.6) is 0 Å². The van der Waals surface area contributed by atoms with Crippen molar-refractivity contribution in [2.45, 2.75) is 43.8 Å². The number of hydrogen-bond acceptors (Lipinski definition) is 5. The minimum Gasteiger partial charge on any atom is -0.365 e. The lowest BCUT2D eigenvalue weighted by Gasteiger charge is -2.29. The zero-order valence-corrected chi connectivity index (χ0v) is 18.0. The predicted octanol–water partition coefficient (Wildman–Crippen LogP) is 4.80. The van der Waals surface area contributed by atoms with Crippen LogP contribution in [-0.2, 0) is 10.3 Å². The van der Waals surface area contributed by atoms with Crippen molar-refractivity contribution in [3.63, 3.8) is 0 Å². The van der Waals surface area contributed by atoms with Gasteiger partial charge >= 0.3 is 0 Å². The number of halogens is 3. The van der Waals surface area contributed by atoms with Crippen LogP contribution in [0.3, 0.4) is 0 Å². The summed E-state index contributed by atoms with van der Waals surface area (Å²) < 4.78 is 47.0. The number of H-pyrrole nitrogens is 1. The molecule has 2 aromatic heterocycles. The summed E-state index contributed by atoms with van der Waals surface area (Å²) in [7, 11) is 1.04. The molecule has 1 fully saturated rings. The highest BCUT2D eigenvalue weighted by Gasteiger charge is 2.42. The number of fused-ring (bicyclic) bond motifs is 1. The maximum Gasteiger partial charge on any atom is 0.273 e. The molecule has 0 amide bonds. The molecule has 33 heavy (non-hydrogen) atoms. The molecule has 0 aliphatic heterocycles. The standard InChI is InChI=1S/C23H24F3N5O2/c1-33-23(13-24,22(25)26)15-6-8-16(9-7-15)29-20-19-18(10-11-28-21(19)32)31(30-20)17-5-3-2-4-14(17)12-27/h6-11,14,17,22H,2-5,13H2,1H3,(H,28,32)(H,29,30). The average Bonchev–Trinajstić information content (AvgIpc) is 3.20. The minimum absolute atomic E-state index is 0.000326. The molecule has 1 aliphatic carbocycles. The largest absolute Gasteiger partial charge is 0.365 e. The molecular weight excluding hydrogens is 435 g/mol. The quantitative estimate of drug-likeness (QED) is 0.529. The normalized spacial score (nSPS) is 20.5. The number of rotatable bonds is 7. The fraction of sp³-hybridized carbons (Fsp3) is 0.435. The number of aromatic amines is 1. The van der Waals surface area contributed by atoms with Gasteiger partial charge in [0, 0.05) is 19.0 Å². The summed E-state index contributed by atoms with van der Waals surface area (Å²) >= 11 is 0. The first-order valence-electron chi connectivity index (χ1n) is 10.7. The number of nitrogens with one attached hydrogen (secondary N) is 2. The zero-order chi connectivity index (χ0) is 23.6. The second-order valence-corrected chi connectivity index (χ2v) is 8.18. The van der Waals surface area contributed by atoms with Crippen molar-refractivity contribution in [1.82, 2.24) is 14.8 Å². The van der Waals surface area contributed by atoms with E-state index < -0.39 is 18.7 Å². The molecule has 174 valence electrons. The molecule has 2 heterocycles. The molecule has 3 atom stereocenters. The first-order chi connectivity index (χ1) is 15.9. The van der Waals surface area contributed by atoms with Crippen LogP contribution in [0.4, 0.5) is 24.7 Å². The molecule has 7 nitrogen and oxygen atoms in total. The van der Waals surface area contributed by atoms with Crippen LogP contribution in [0.2, 0.25) is 0 Å². The van der Waals surface area contributed by atoms with E-state index in [1.807, 2.05) is 0 Å². The lowest BCUT2D eigenvalue weighted by Crippen LogP contribution is -2.38. The Morgan fingerprint density at radius 1 is 1.30 bits per heavy atom. The maximum atomic E-state index is 13.5. The van der Waals surface area contributed by atoms with Crippen LogP contribution in [0.15, 0.2) is 41.3 Å². The van der Waals surface area contributed by atoms with Crippen molar-refractivity contribution in [2.24, 2.45) is 5.92 Å². The van der Waals surface area contributed by atoms with Crippen LogP contribution >= 0.6 is 0 Å². The molecule has 0 radical (unpaired) electrons. The summed E-state index contributed by atoms with van der Waals surface area (Å²) in [5.41, 5.74) is -1.58. The van der Waals surface area contributed by atoms with Crippen molar-refractivity contribution in [3.8, 4) is 6.07 Å². The molecule has 2 N–H and O–H groups in total. The number of alkyl halides is 3. The predicted molar refractivity (Wildman–Crippen MR) is 117 cm³/mol. The Kier molecular flexibility index (Phi) is 6.42. The SMILES string of the molecule is COC(CF)(c1ccc(Nc2nn(C3CCCCC3C#N)c3cc[nH]c(=O)c23)cc1)C(F)F. The van der Waals surface area contributed by atoms with Crippen molar-refractivity contribution in [1.29, 1.82) is 5.26 Å². The molecule has 4 rings (SSSR count). The van der Waals surface area contributed by atoms with Crippen LogP contribution in [-0.4, -0.2) is 35.0 Å². The van der Waals surface area contributed by atoms with Crippen LogP contribution in [0, 0.1) is 17.2 Å². The molecule has 0 saturated heterocycles. The van der Waals surface area contributed by atoms with Gasteiger partial charge in [0.05, 0.1) is 23.5 Å². The monoisotopic (exact) mass is 459 g/mol. The molecule has 3 unspecified atom stereocenters. The number of nitriles is 1. The number of aromatic nitrogens is 3. The number of pyridine rings is 1. The van der Waals surface area contributed by atoms with Gasteiger partial charge in [0.25, 0.3) is 12.0 Å². The molecule has 1 aromatic carbocycles. The van der Waals surface area contributed by atoms with Crippen molar-refractivity contribution in [2.75, 3.05) is 19.1 Å². The molecule has 0 spiro atoms. The van der Waals surface area contributed by atoms with E-state index >= 15 is 0 Å². The molecule has 10 heteroatoms. The third-order valence-corrected chi connectivity index (χ3v) is 6.39. The Morgan fingerprint density at radius 3 is 2.67 bits per heavy atom. The Balaban J connectivity index is 1.71.